The molecule has 0 aliphatic rings. The van der Waals surface area contributed by atoms with Crippen molar-refractivity contribution in [2.45, 2.75) is 0 Å². The maximum absolute atomic E-state index is 5.72. The first-order valence-corrected chi connectivity index (χ1v) is 5.85. The van der Waals surface area contributed by atoms with Crippen molar-refractivity contribution in [1.82, 2.24) is 0 Å². The van der Waals surface area contributed by atoms with Gasteiger partial charge in [-0.15, -0.1) is 0 Å². The highest BCUT2D eigenvalue weighted by Gasteiger charge is 2.03. The molecule has 3 nitrogen and oxygen atoms in total. The van der Waals surface area contributed by atoms with E-state index >= 15 is 0 Å². The van der Waals surface area contributed by atoms with Gasteiger partial charge >= 0.3 is 0 Å². The van der Waals surface area contributed by atoms with E-state index in [0.717, 1.165) is 16.0 Å². The van der Waals surface area contributed by atoms with Crippen LogP contribution < -0.4 is 15.2 Å². The molecule has 0 bridgehead atoms. The molecule has 0 radical (unpaired) electrons. The summed E-state index contributed by atoms with van der Waals surface area (Å²) < 4.78 is 11.7. The van der Waals surface area contributed by atoms with Crippen molar-refractivity contribution >= 4 is 21.6 Å². The van der Waals surface area contributed by atoms with Gasteiger partial charge in [-0.25, -0.2) is 0 Å². The smallest absolute Gasteiger partial charge is 0.141 e. The summed E-state index contributed by atoms with van der Waals surface area (Å²) in [7, 11) is 1.62. The second kappa shape index (κ2) is 5.10. The lowest BCUT2D eigenvalue weighted by Crippen LogP contribution is -1.89. The minimum Gasteiger partial charge on any atom is -0.497 e. The Labute approximate surface area is 108 Å². The second-order valence-electron chi connectivity index (χ2n) is 3.47. The van der Waals surface area contributed by atoms with E-state index < -0.39 is 0 Å². The Balaban J connectivity index is 2.25. The standard InChI is InChI=1S/C13H12BrNO2/c1-16-10-3-2-4-11(8-10)17-13-6-5-9(15)7-12(13)14/h2-8H,15H2,1H3. The van der Waals surface area contributed by atoms with Crippen LogP contribution in [0.4, 0.5) is 5.69 Å². The predicted octanol–water partition coefficient (Wildman–Crippen LogP) is 3.83. The summed E-state index contributed by atoms with van der Waals surface area (Å²) >= 11 is 3.40. The van der Waals surface area contributed by atoms with E-state index in [1.807, 2.05) is 30.3 Å². The molecule has 0 aliphatic heterocycles. The van der Waals surface area contributed by atoms with E-state index in [9.17, 15) is 0 Å². The van der Waals surface area contributed by atoms with Gasteiger partial charge in [0.05, 0.1) is 11.6 Å². The van der Waals surface area contributed by atoms with Crippen molar-refractivity contribution < 1.29 is 9.47 Å². The molecule has 2 aromatic carbocycles. The fourth-order valence-corrected chi connectivity index (χ4v) is 1.87. The molecule has 2 rings (SSSR count). The fourth-order valence-electron chi connectivity index (χ4n) is 1.39. The van der Waals surface area contributed by atoms with Gasteiger partial charge in [0, 0.05) is 11.8 Å². The molecule has 0 saturated carbocycles. The number of anilines is 1. The number of rotatable bonds is 3. The summed E-state index contributed by atoms with van der Waals surface area (Å²) in [6.07, 6.45) is 0. The normalized spacial score (nSPS) is 10.0. The minimum absolute atomic E-state index is 0.690. The van der Waals surface area contributed by atoms with E-state index in [4.69, 9.17) is 15.2 Å². The van der Waals surface area contributed by atoms with Crippen LogP contribution in [-0.4, -0.2) is 7.11 Å². The largest absolute Gasteiger partial charge is 0.497 e. The van der Waals surface area contributed by atoms with Gasteiger partial charge in [0.15, 0.2) is 0 Å². The molecule has 2 N–H and O–H groups in total. The first-order valence-electron chi connectivity index (χ1n) is 5.06. The van der Waals surface area contributed by atoms with Crippen LogP contribution in [0.3, 0.4) is 0 Å². The van der Waals surface area contributed by atoms with Crippen LogP contribution in [0, 0.1) is 0 Å². The van der Waals surface area contributed by atoms with Gasteiger partial charge in [-0.1, -0.05) is 6.07 Å². The van der Waals surface area contributed by atoms with Crippen LogP contribution in [0.25, 0.3) is 0 Å². The van der Waals surface area contributed by atoms with Crippen LogP contribution in [0.1, 0.15) is 0 Å². The minimum atomic E-state index is 0.690. The van der Waals surface area contributed by atoms with Crippen molar-refractivity contribution in [3.05, 3.63) is 46.9 Å². The van der Waals surface area contributed by atoms with Gasteiger partial charge in [-0.05, 0) is 46.3 Å². The third kappa shape index (κ3) is 2.91. The van der Waals surface area contributed by atoms with Crippen molar-refractivity contribution in [3.63, 3.8) is 0 Å². The van der Waals surface area contributed by atoms with Gasteiger partial charge in [-0.3, -0.25) is 0 Å². The Hall–Kier alpha value is -1.68. The monoisotopic (exact) mass is 293 g/mol. The van der Waals surface area contributed by atoms with E-state index in [0.29, 0.717) is 11.4 Å². The number of nitrogen functional groups attached to an aromatic ring is 1. The maximum Gasteiger partial charge on any atom is 0.141 e. The molecule has 17 heavy (non-hydrogen) atoms. The molecular formula is C13H12BrNO2. The van der Waals surface area contributed by atoms with E-state index in [2.05, 4.69) is 15.9 Å². The zero-order chi connectivity index (χ0) is 12.3. The molecule has 0 unspecified atom stereocenters. The van der Waals surface area contributed by atoms with Crippen molar-refractivity contribution in [2.24, 2.45) is 0 Å². The fraction of sp³-hybridized carbons (Fsp3) is 0.0769. The molecule has 0 saturated heterocycles. The quantitative estimate of drug-likeness (QED) is 0.875. The predicted molar refractivity (Wildman–Crippen MR) is 71.6 cm³/mol. The molecule has 88 valence electrons. The highest BCUT2D eigenvalue weighted by Crippen LogP contribution is 2.32. The van der Waals surface area contributed by atoms with Crippen LogP contribution in [-0.2, 0) is 0 Å². The van der Waals surface area contributed by atoms with Crippen LogP contribution in [0.2, 0.25) is 0 Å². The Bertz CT molecular complexity index is 529. The molecule has 0 amide bonds. The zero-order valence-corrected chi connectivity index (χ0v) is 10.9. The van der Waals surface area contributed by atoms with E-state index in [1.54, 1.807) is 19.2 Å². The number of nitrogens with two attached hydrogens (primary N) is 1. The summed E-state index contributed by atoms with van der Waals surface area (Å²) in [5, 5.41) is 0. The Morgan fingerprint density at radius 1 is 1.06 bits per heavy atom. The van der Waals surface area contributed by atoms with Gasteiger partial charge in [0.25, 0.3) is 0 Å². The average Bonchev–Trinajstić information content (AvgIpc) is 2.33. The summed E-state index contributed by atoms with van der Waals surface area (Å²) in [6.45, 7) is 0. The lowest BCUT2D eigenvalue weighted by Gasteiger charge is -2.09. The third-order valence-electron chi connectivity index (χ3n) is 2.22. The third-order valence-corrected chi connectivity index (χ3v) is 2.84. The lowest BCUT2D eigenvalue weighted by molar-refractivity contribution is 0.409. The first-order chi connectivity index (χ1) is 8.19. The number of hydrogen-bond acceptors (Lipinski definition) is 3. The number of halogens is 1. The van der Waals surface area contributed by atoms with Gasteiger partial charge in [-0.2, -0.15) is 0 Å². The Morgan fingerprint density at radius 3 is 2.53 bits per heavy atom. The summed E-state index contributed by atoms with van der Waals surface area (Å²) in [4.78, 5) is 0. The highest BCUT2D eigenvalue weighted by molar-refractivity contribution is 9.10. The SMILES string of the molecule is COc1cccc(Oc2ccc(N)cc2Br)c1. The molecule has 0 heterocycles. The molecule has 0 atom stereocenters. The second-order valence-corrected chi connectivity index (χ2v) is 4.33. The molecule has 0 spiro atoms. The topological polar surface area (TPSA) is 44.5 Å². The van der Waals surface area contributed by atoms with Crippen LogP contribution in [0.15, 0.2) is 46.9 Å². The van der Waals surface area contributed by atoms with Crippen LogP contribution in [0.5, 0.6) is 17.2 Å². The van der Waals surface area contributed by atoms with Crippen molar-refractivity contribution in [3.8, 4) is 17.2 Å². The summed E-state index contributed by atoms with van der Waals surface area (Å²) in [6, 6.07) is 12.8. The lowest BCUT2D eigenvalue weighted by atomic mass is 10.3. The van der Waals surface area contributed by atoms with Gasteiger partial charge < -0.3 is 15.2 Å². The number of benzene rings is 2. The molecular weight excluding hydrogens is 282 g/mol. The molecule has 0 aromatic heterocycles. The Kier molecular flexibility index (Phi) is 3.54. The molecule has 4 heteroatoms. The number of ether oxygens (including phenoxy) is 2. The van der Waals surface area contributed by atoms with Crippen molar-refractivity contribution in [2.75, 3.05) is 12.8 Å². The Morgan fingerprint density at radius 2 is 1.82 bits per heavy atom. The van der Waals surface area contributed by atoms with E-state index in [-0.39, 0.29) is 0 Å². The van der Waals surface area contributed by atoms with Gasteiger partial charge in [0.2, 0.25) is 0 Å². The molecule has 2 aromatic rings. The number of methoxy groups -OCH3 is 1. The molecule has 0 aliphatic carbocycles. The molecule has 0 fully saturated rings. The average molecular weight is 294 g/mol. The van der Waals surface area contributed by atoms with E-state index in [1.165, 1.54) is 0 Å². The van der Waals surface area contributed by atoms with Gasteiger partial charge in [0.1, 0.15) is 17.2 Å². The van der Waals surface area contributed by atoms with Crippen molar-refractivity contribution in [1.29, 1.82) is 0 Å². The maximum atomic E-state index is 5.72. The highest BCUT2D eigenvalue weighted by atomic mass is 79.9. The zero-order valence-electron chi connectivity index (χ0n) is 9.31. The number of hydrogen-bond donors (Lipinski definition) is 1. The van der Waals surface area contributed by atoms with Crippen LogP contribution >= 0.6 is 15.9 Å². The first kappa shape index (κ1) is 11.8. The summed E-state index contributed by atoms with van der Waals surface area (Å²) in [5.74, 6) is 2.19. The summed E-state index contributed by atoms with van der Waals surface area (Å²) in [5.41, 5.74) is 6.35.